The average molecular weight is 611 g/mol. The highest BCUT2D eigenvalue weighted by Gasteiger charge is 2.34. The fourth-order valence-corrected chi connectivity index (χ4v) is 5.79. The van der Waals surface area contributed by atoms with Crippen LogP contribution < -0.4 is 29.1 Å². The molecule has 0 saturated carbocycles. The van der Waals surface area contributed by atoms with Crippen LogP contribution >= 0.6 is 11.3 Å². The number of esters is 1. The Morgan fingerprint density at radius 1 is 1.02 bits per heavy atom. The first kappa shape index (κ1) is 31.8. The molecule has 1 N–H and O–H groups in total. The smallest absolute Gasteiger partial charge is 0.338 e. The van der Waals surface area contributed by atoms with Gasteiger partial charge in [0, 0.05) is 7.11 Å². The standard InChI is InChI=1S/C32H38N2O8S/c1-6-8-9-14-41-24-13-11-22(19-26(24)39-5)29-28(31(37)42-16-15-38-4)20(3)33-32-34(29)30(36)27(43-32)18-21-10-12-23(35)25(17-21)40-7-2/h10-13,17-19,29,35H,6-9,14-16H2,1-5H3/b27-18-. The zero-order valence-corrected chi connectivity index (χ0v) is 26.0. The molecule has 2 aromatic carbocycles. The number of thiazole rings is 1. The molecule has 0 fully saturated rings. The lowest BCUT2D eigenvalue weighted by Crippen LogP contribution is -2.40. The summed E-state index contributed by atoms with van der Waals surface area (Å²) in [5, 5.41) is 10.1. The maximum Gasteiger partial charge on any atom is 0.338 e. The summed E-state index contributed by atoms with van der Waals surface area (Å²) in [5.74, 6) is 0.821. The maximum absolute atomic E-state index is 14.0. The van der Waals surface area contributed by atoms with Gasteiger partial charge in [-0.25, -0.2) is 9.79 Å². The van der Waals surface area contributed by atoms with E-state index in [0.29, 0.717) is 56.6 Å². The number of hydrogen-bond acceptors (Lipinski definition) is 10. The quantitative estimate of drug-likeness (QED) is 0.214. The summed E-state index contributed by atoms with van der Waals surface area (Å²) in [4.78, 5) is 32.5. The monoisotopic (exact) mass is 610 g/mol. The van der Waals surface area contributed by atoms with Crippen LogP contribution in [0.1, 0.15) is 57.2 Å². The number of phenols is 1. The Balaban J connectivity index is 1.84. The molecule has 11 heteroatoms. The van der Waals surface area contributed by atoms with Gasteiger partial charge < -0.3 is 28.8 Å². The van der Waals surface area contributed by atoms with E-state index >= 15 is 0 Å². The number of fused-ring (bicyclic) bond motifs is 1. The highest BCUT2D eigenvalue weighted by molar-refractivity contribution is 7.07. The summed E-state index contributed by atoms with van der Waals surface area (Å²) in [7, 11) is 3.08. The van der Waals surface area contributed by atoms with Gasteiger partial charge in [-0.2, -0.15) is 0 Å². The molecule has 0 amide bonds. The lowest BCUT2D eigenvalue weighted by molar-refractivity contribution is -0.140. The number of carbonyl (C=O) groups excluding carboxylic acids is 1. The zero-order valence-electron chi connectivity index (χ0n) is 25.2. The van der Waals surface area contributed by atoms with Gasteiger partial charge in [0.05, 0.1) is 48.8 Å². The van der Waals surface area contributed by atoms with Crippen LogP contribution in [-0.4, -0.2) is 56.3 Å². The lowest BCUT2D eigenvalue weighted by Gasteiger charge is -2.25. The molecule has 1 aliphatic rings. The minimum Gasteiger partial charge on any atom is -0.504 e. The van der Waals surface area contributed by atoms with Gasteiger partial charge in [0.15, 0.2) is 27.8 Å². The summed E-state index contributed by atoms with van der Waals surface area (Å²) < 4.78 is 29.6. The lowest BCUT2D eigenvalue weighted by atomic mass is 9.95. The number of methoxy groups -OCH3 is 2. The van der Waals surface area contributed by atoms with Crippen molar-refractivity contribution in [2.24, 2.45) is 4.99 Å². The van der Waals surface area contributed by atoms with E-state index in [1.807, 2.05) is 13.0 Å². The molecule has 230 valence electrons. The van der Waals surface area contributed by atoms with Gasteiger partial charge in [0.1, 0.15) is 6.61 Å². The number of carbonyl (C=O) groups is 1. The van der Waals surface area contributed by atoms with Crippen molar-refractivity contribution >= 4 is 23.4 Å². The Labute approximate surface area is 254 Å². The Bertz CT molecular complexity index is 1660. The summed E-state index contributed by atoms with van der Waals surface area (Å²) in [6.45, 7) is 6.91. The van der Waals surface area contributed by atoms with Crippen molar-refractivity contribution in [2.75, 3.05) is 40.6 Å². The van der Waals surface area contributed by atoms with Crippen LogP contribution in [0.5, 0.6) is 23.0 Å². The first-order valence-corrected chi connectivity index (χ1v) is 15.1. The number of nitrogens with zero attached hydrogens (tertiary/aromatic N) is 2. The highest BCUT2D eigenvalue weighted by Crippen LogP contribution is 2.36. The summed E-state index contributed by atoms with van der Waals surface area (Å²) >= 11 is 1.21. The number of allylic oxidation sites excluding steroid dienone is 1. The largest absolute Gasteiger partial charge is 0.504 e. The van der Waals surface area contributed by atoms with E-state index in [-0.39, 0.29) is 30.1 Å². The molecule has 0 radical (unpaired) electrons. The van der Waals surface area contributed by atoms with E-state index in [4.69, 9.17) is 23.7 Å². The molecule has 2 heterocycles. The van der Waals surface area contributed by atoms with Crippen molar-refractivity contribution in [1.29, 1.82) is 0 Å². The predicted molar refractivity (Wildman–Crippen MR) is 164 cm³/mol. The fourth-order valence-electron chi connectivity index (χ4n) is 4.74. The number of hydrogen-bond donors (Lipinski definition) is 1. The Morgan fingerprint density at radius 2 is 1.84 bits per heavy atom. The normalized spacial score (nSPS) is 14.7. The van der Waals surface area contributed by atoms with E-state index < -0.39 is 12.0 Å². The van der Waals surface area contributed by atoms with Gasteiger partial charge in [-0.3, -0.25) is 9.36 Å². The van der Waals surface area contributed by atoms with Crippen molar-refractivity contribution in [3.8, 4) is 23.0 Å². The Morgan fingerprint density at radius 3 is 2.56 bits per heavy atom. The van der Waals surface area contributed by atoms with Gasteiger partial charge >= 0.3 is 5.97 Å². The van der Waals surface area contributed by atoms with Crippen molar-refractivity contribution in [2.45, 2.75) is 46.1 Å². The maximum atomic E-state index is 14.0. The molecule has 1 aromatic heterocycles. The van der Waals surface area contributed by atoms with Gasteiger partial charge in [0.2, 0.25) is 0 Å². The third-order valence-electron chi connectivity index (χ3n) is 6.85. The molecule has 0 spiro atoms. The van der Waals surface area contributed by atoms with E-state index in [2.05, 4.69) is 11.9 Å². The van der Waals surface area contributed by atoms with Crippen LogP contribution in [-0.2, 0) is 14.3 Å². The van der Waals surface area contributed by atoms with E-state index in [9.17, 15) is 14.7 Å². The van der Waals surface area contributed by atoms with E-state index in [1.54, 1.807) is 44.4 Å². The summed E-state index contributed by atoms with van der Waals surface area (Å²) in [6.07, 6.45) is 4.78. The molecule has 1 aliphatic heterocycles. The van der Waals surface area contributed by atoms with Crippen LogP contribution in [0.3, 0.4) is 0 Å². The molecule has 10 nitrogen and oxygen atoms in total. The molecule has 0 saturated heterocycles. The van der Waals surface area contributed by atoms with Crippen LogP contribution in [0, 0.1) is 0 Å². The van der Waals surface area contributed by atoms with Crippen LogP contribution in [0.4, 0.5) is 0 Å². The van der Waals surface area contributed by atoms with Crippen molar-refractivity contribution in [3.63, 3.8) is 0 Å². The first-order valence-electron chi connectivity index (χ1n) is 14.3. The highest BCUT2D eigenvalue weighted by atomic mass is 32.1. The SMILES string of the molecule is CCCCCOc1ccc(C2C(C(=O)OCCOC)=C(C)N=c3s/c(=C\c4ccc(O)c(OCC)c4)c(=O)n32)cc1OC. The fraction of sp³-hybridized carbons (Fsp3) is 0.406. The second-order valence-corrected chi connectivity index (χ2v) is 10.8. The van der Waals surface area contributed by atoms with E-state index in [1.165, 1.54) is 29.1 Å². The second kappa shape index (κ2) is 14.9. The molecular weight excluding hydrogens is 572 g/mol. The summed E-state index contributed by atoms with van der Waals surface area (Å²) in [6, 6.07) is 9.47. The minimum absolute atomic E-state index is 0.0134. The number of benzene rings is 2. The van der Waals surface area contributed by atoms with Crippen LogP contribution in [0.15, 0.2) is 57.5 Å². The Kier molecular flexibility index (Phi) is 11.0. The molecule has 4 rings (SSSR count). The molecule has 1 atom stereocenters. The number of unbranched alkanes of at least 4 members (excludes halogenated alkanes) is 2. The number of aromatic hydroxyl groups is 1. The second-order valence-electron chi connectivity index (χ2n) is 9.84. The molecule has 1 unspecified atom stereocenters. The third-order valence-corrected chi connectivity index (χ3v) is 7.84. The molecule has 43 heavy (non-hydrogen) atoms. The van der Waals surface area contributed by atoms with E-state index in [0.717, 1.165) is 19.3 Å². The zero-order chi connectivity index (χ0) is 30.9. The van der Waals surface area contributed by atoms with Gasteiger partial charge in [-0.1, -0.05) is 43.2 Å². The van der Waals surface area contributed by atoms with Crippen LogP contribution in [0.2, 0.25) is 0 Å². The van der Waals surface area contributed by atoms with Crippen molar-refractivity contribution in [1.82, 2.24) is 4.57 Å². The predicted octanol–water partition coefficient (Wildman–Crippen LogP) is 4.11. The van der Waals surface area contributed by atoms with Gasteiger partial charge in [-0.05, 0) is 61.7 Å². The topological polar surface area (TPSA) is 118 Å². The molecule has 0 aliphatic carbocycles. The van der Waals surface area contributed by atoms with Gasteiger partial charge in [0.25, 0.3) is 5.56 Å². The first-order chi connectivity index (χ1) is 20.8. The van der Waals surface area contributed by atoms with Crippen molar-refractivity contribution in [3.05, 3.63) is 78.5 Å². The number of phenolic OH excluding ortho intramolecular Hbond substituents is 1. The Hall–Kier alpha value is -4.09. The number of rotatable bonds is 14. The third kappa shape index (κ3) is 7.29. The molecule has 0 bridgehead atoms. The average Bonchev–Trinajstić information content (AvgIpc) is 3.30. The van der Waals surface area contributed by atoms with Crippen LogP contribution in [0.25, 0.3) is 6.08 Å². The van der Waals surface area contributed by atoms with Crippen molar-refractivity contribution < 1.29 is 33.6 Å². The minimum atomic E-state index is -0.824. The molecule has 3 aromatic rings. The number of aromatic nitrogens is 1. The van der Waals surface area contributed by atoms with Gasteiger partial charge in [-0.15, -0.1) is 0 Å². The summed E-state index contributed by atoms with van der Waals surface area (Å²) in [5.41, 5.74) is 1.68. The molecular formula is C32H38N2O8S. The number of ether oxygens (including phenoxy) is 5.